The van der Waals surface area contributed by atoms with Gasteiger partial charge in [-0.05, 0) is 63.1 Å². The number of pyridine rings is 1. The number of nitrogens with two attached hydrogens (primary N) is 1. The predicted molar refractivity (Wildman–Crippen MR) is 96.2 cm³/mol. The standard InChI is InChI=1S/C20H25N3O/c1-11-7-12(2)19-15(8-11)16(9-18(23-19)14-5-6-14)20(24)22-10-17(21)13-3-4-13/h7-9,13-14,17H,3-6,10,21H2,1-2H3,(H,22,24). The molecule has 1 aromatic heterocycles. The van der Waals surface area contributed by atoms with Crippen LogP contribution in [0.25, 0.3) is 10.9 Å². The average Bonchev–Trinajstić information content (AvgIpc) is 3.43. The third-order valence-corrected chi connectivity index (χ3v) is 5.23. The number of carbonyl (C=O) groups excluding carboxylic acids is 1. The molecule has 0 bridgehead atoms. The molecule has 4 heteroatoms. The van der Waals surface area contributed by atoms with Crippen LogP contribution >= 0.6 is 0 Å². The molecule has 0 radical (unpaired) electrons. The van der Waals surface area contributed by atoms with Gasteiger partial charge in [0.15, 0.2) is 0 Å². The van der Waals surface area contributed by atoms with E-state index in [1.54, 1.807) is 0 Å². The zero-order valence-corrected chi connectivity index (χ0v) is 14.4. The summed E-state index contributed by atoms with van der Waals surface area (Å²) in [5.41, 5.74) is 11.2. The summed E-state index contributed by atoms with van der Waals surface area (Å²) in [5, 5.41) is 4.00. The molecule has 2 fully saturated rings. The Kier molecular flexibility index (Phi) is 3.80. The highest BCUT2D eigenvalue weighted by atomic mass is 16.1. The van der Waals surface area contributed by atoms with Crippen molar-refractivity contribution < 1.29 is 4.79 Å². The van der Waals surface area contributed by atoms with E-state index in [4.69, 9.17) is 10.7 Å². The van der Waals surface area contributed by atoms with Crippen LogP contribution in [-0.4, -0.2) is 23.5 Å². The second-order valence-electron chi connectivity index (χ2n) is 7.56. The second kappa shape index (κ2) is 5.85. The highest BCUT2D eigenvalue weighted by Gasteiger charge is 2.30. The zero-order chi connectivity index (χ0) is 16.8. The van der Waals surface area contributed by atoms with Gasteiger partial charge in [0, 0.05) is 29.6 Å². The lowest BCUT2D eigenvalue weighted by molar-refractivity contribution is 0.0952. The van der Waals surface area contributed by atoms with Crippen molar-refractivity contribution in [3.63, 3.8) is 0 Å². The van der Waals surface area contributed by atoms with Gasteiger partial charge in [-0.2, -0.15) is 0 Å². The van der Waals surface area contributed by atoms with Gasteiger partial charge < -0.3 is 11.1 Å². The lowest BCUT2D eigenvalue weighted by atomic mass is 10.00. The van der Waals surface area contributed by atoms with Crippen molar-refractivity contribution in [1.29, 1.82) is 0 Å². The van der Waals surface area contributed by atoms with Crippen molar-refractivity contribution in [1.82, 2.24) is 10.3 Å². The first-order valence-corrected chi connectivity index (χ1v) is 8.98. The number of aryl methyl sites for hydroxylation is 2. The summed E-state index contributed by atoms with van der Waals surface area (Å²) in [7, 11) is 0. The molecule has 1 amide bonds. The zero-order valence-electron chi connectivity index (χ0n) is 14.4. The number of rotatable bonds is 5. The molecule has 24 heavy (non-hydrogen) atoms. The third kappa shape index (κ3) is 3.03. The molecule has 2 aliphatic carbocycles. The molecule has 1 atom stereocenters. The van der Waals surface area contributed by atoms with Gasteiger partial charge in [0.05, 0.1) is 11.1 Å². The Hall–Kier alpha value is -1.94. The summed E-state index contributed by atoms with van der Waals surface area (Å²) >= 11 is 0. The Morgan fingerprint density at radius 1 is 1.25 bits per heavy atom. The molecule has 0 spiro atoms. The molecule has 2 saturated carbocycles. The van der Waals surface area contributed by atoms with Crippen molar-refractivity contribution in [3.8, 4) is 0 Å². The molecule has 2 aromatic rings. The van der Waals surface area contributed by atoms with E-state index in [1.165, 1.54) is 25.7 Å². The van der Waals surface area contributed by atoms with Crippen LogP contribution in [0, 0.1) is 19.8 Å². The topological polar surface area (TPSA) is 68.0 Å². The SMILES string of the molecule is Cc1cc(C)c2nc(C3CC3)cc(C(=O)NCC(N)C3CC3)c2c1. The van der Waals surface area contributed by atoms with Crippen LogP contribution in [0.3, 0.4) is 0 Å². The van der Waals surface area contributed by atoms with Gasteiger partial charge >= 0.3 is 0 Å². The van der Waals surface area contributed by atoms with E-state index in [0.29, 0.717) is 18.4 Å². The van der Waals surface area contributed by atoms with E-state index >= 15 is 0 Å². The minimum absolute atomic E-state index is 0.0228. The third-order valence-electron chi connectivity index (χ3n) is 5.23. The second-order valence-corrected chi connectivity index (χ2v) is 7.56. The Morgan fingerprint density at radius 3 is 2.67 bits per heavy atom. The van der Waals surface area contributed by atoms with Gasteiger partial charge in [-0.3, -0.25) is 9.78 Å². The number of nitrogens with one attached hydrogen (secondary N) is 1. The molecule has 126 valence electrons. The number of carbonyl (C=O) groups is 1. The summed E-state index contributed by atoms with van der Waals surface area (Å²) in [6.07, 6.45) is 4.74. The quantitative estimate of drug-likeness (QED) is 0.888. The summed E-state index contributed by atoms with van der Waals surface area (Å²) in [4.78, 5) is 17.7. The Bertz CT molecular complexity index is 806. The molecule has 0 aliphatic heterocycles. The fourth-order valence-corrected chi connectivity index (χ4v) is 3.47. The Labute approximate surface area is 142 Å². The van der Waals surface area contributed by atoms with Crippen molar-refractivity contribution >= 4 is 16.8 Å². The predicted octanol–water partition coefficient (Wildman–Crippen LogP) is 3.20. The molecule has 2 aliphatic rings. The lowest BCUT2D eigenvalue weighted by Crippen LogP contribution is -2.38. The highest BCUT2D eigenvalue weighted by Crippen LogP contribution is 2.40. The fraction of sp³-hybridized carbons (Fsp3) is 0.500. The van der Waals surface area contributed by atoms with Crippen LogP contribution in [0.4, 0.5) is 0 Å². The molecular weight excluding hydrogens is 298 g/mol. The van der Waals surface area contributed by atoms with Crippen LogP contribution in [0.1, 0.15) is 58.8 Å². The first-order chi connectivity index (χ1) is 11.5. The fourth-order valence-electron chi connectivity index (χ4n) is 3.47. The maximum atomic E-state index is 12.8. The summed E-state index contributed by atoms with van der Waals surface area (Å²) in [5.74, 6) is 1.09. The minimum Gasteiger partial charge on any atom is -0.350 e. The molecule has 4 rings (SSSR count). The van der Waals surface area contributed by atoms with Gasteiger partial charge in [-0.1, -0.05) is 11.6 Å². The highest BCUT2D eigenvalue weighted by molar-refractivity contribution is 6.07. The average molecular weight is 323 g/mol. The maximum absolute atomic E-state index is 12.8. The monoisotopic (exact) mass is 323 g/mol. The van der Waals surface area contributed by atoms with Gasteiger partial charge in [-0.15, -0.1) is 0 Å². The van der Waals surface area contributed by atoms with Crippen molar-refractivity contribution in [2.45, 2.75) is 51.5 Å². The van der Waals surface area contributed by atoms with Gasteiger partial charge in [-0.25, -0.2) is 0 Å². The van der Waals surface area contributed by atoms with Crippen molar-refractivity contribution in [2.24, 2.45) is 11.7 Å². The molecule has 3 N–H and O–H groups in total. The minimum atomic E-state index is -0.0228. The smallest absolute Gasteiger partial charge is 0.252 e. The Balaban J connectivity index is 1.70. The van der Waals surface area contributed by atoms with Crippen molar-refractivity contribution in [2.75, 3.05) is 6.54 Å². The van der Waals surface area contributed by atoms with Crippen LogP contribution in [0.5, 0.6) is 0 Å². The number of fused-ring (bicyclic) bond motifs is 1. The van der Waals surface area contributed by atoms with Gasteiger partial charge in [0.2, 0.25) is 0 Å². The number of amides is 1. The van der Waals surface area contributed by atoms with Crippen LogP contribution in [0.2, 0.25) is 0 Å². The number of nitrogens with zero attached hydrogens (tertiary/aromatic N) is 1. The molecular formula is C20H25N3O. The molecule has 1 heterocycles. The largest absolute Gasteiger partial charge is 0.350 e. The number of aromatic nitrogens is 1. The normalized spacial score (nSPS) is 18.6. The van der Waals surface area contributed by atoms with Crippen molar-refractivity contribution in [3.05, 3.63) is 40.6 Å². The maximum Gasteiger partial charge on any atom is 0.252 e. The van der Waals surface area contributed by atoms with Crippen LogP contribution in [-0.2, 0) is 0 Å². The first-order valence-electron chi connectivity index (χ1n) is 8.98. The molecule has 1 unspecified atom stereocenters. The van der Waals surface area contributed by atoms with E-state index in [0.717, 1.165) is 33.3 Å². The van der Waals surface area contributed by atoms with E-state index in [9.17, 15) is 4.79 Å². The number of hydrogen-bond acceptors (Lipinski definition) is 3. The first kappa shape index (κ1) is 15.6. The van der Waals surface area contributed by atoms with Gasteiger partial charge in [0.25, 0.3) is 5.91 Å². The molecule has 0 saturated heterocycles. The number of benzene rings is 1. The lowest BCUT2D eigenvalue weighted by Gasteiger charge is -2.15. The number of hydrogen-bond donors (Lipinski definition) is 2. The summed E-state index contributed by atoms with van der Waals surface area (Å²) < 4.78 is 0. The van der Waals surface area contributed by atoms with Gasteiger partial charge in [0.1, 0.15) is 0 Å². The molecule has 1 aromatic carbocycles. The van der Waals surface area contributed by atoms with E-state index < -0.39 is 0 Å². The van der Waals surface area contributed by atoms with Crippen LogP contribution in [0.15, 0.2) is 18.2 Å². The summed E-state index contributed by atoms with van der Waals surface area (Å²) in [6.45, 7) is 4.69. The Morgan fingerprint density at radius 2 is 2.00 bits per heavy atom. The van der Waals surface area contributed by atoms with E-state index in [2.05, 4.69) is 31.3 Å². The summed E-state index contributed by atoms with van der Waals surface area (Å²) in [6, 6.07) is 6.28. The molecule has 4 nitrogen and oxygen atoms in total. The van der Waals surface area contributed by atoms with Crippen LogP contribution < -0.4 is 11.1 Å². The van der Waals surface area contributed by atoms with E-state index in [-0.39, 0.29) is 11.9 Å². The van der Waals surface area contributed by atoms with E-state index in [1.807, 2.05) is 6.07 Å².